The number of hydrogen-bond donors (Lipinski definition) is 1. The van der Waals surface area contributed by atoms with Crippen molar-refractivity contribution in [2.45, 2.75) is 25.9 Å². The van der Waals surface area contributed by atoms with Crippen LogP contribution in [0.5, 0.6) is 0 Å². The maximum atomic E-state index is 12.8. The molecule has 35 heavy (non-hydrogen) atoms. The zero-order valence-corrected chi connectivity index (χ0v) is 21.3. The molecule has 8 heteroatoms. The van der Waals surface area contributed by atoms with Gasteiger partial charge in [-0.2, -0.15) is 4.31 Å². The van der Waals surface area contributed by atoms with E-state index in [1.54, 1.807) is 6.08 Å². The second kappa shape index (κ2) is 11.9. The van der Waals surface area contributed by atoms with Crippen LogP contribution < -0.4 is 5.32 Å². The van der Waals surface area contributed by atoms with Crippen molar-refractivity contribution < 1.29 is 13.2 Å². The molecule has 0 bridgehead atoms. The normalized spacial score (nSPS) is 19.2. The van der Waals surface area contributed by atoms with Gasteiger partial charge < -0.3 is 10.2 Å². The first-order valence-electron chi connectivity index (χ1n) is 12.4. The third-order valence-electron chi connectivity index (χ3n) is 6.88. The first-order valence-corrected chi connectivity index (χ1v) is 13.9. The minimum Gasteiger partial charge on any atom is -0.352 e. The van der Waals surface area contributed by atoms with E-state index in [1.165, 1.54) is 15.3 Å². The fourth-order valence-corrected chi connectivity index (χ4v) is 5.84. The summed E-state index contributed by atoms with van der Waals surface area (Å²) in [6.07, 6.45) is 2.69. The highest BCUT2D eigenvalue weighted by Gasteiger charge is 2.29. The van der Waals surface area contributed by atoms with Crippen LogP contribution in [0.25, 0.3) is 6.08 Å². The molecule has 0 spiro atoms. The number of likely N-dealkylation sites (N-methyl/N-ethyl adjacent to an activating group) is 1. The van der Waals surface area contributed by atoms with Crippen LogP contribution in [-0.4, -0.2) is 74.7 Å². The molecule has 188 valence electrons. The number of hydrogen-bond acceptors (Lipinski definition) is 5. The molecule has 2 aliphatic rings. The number of nitrogens with zero attached hydrogens (tertiary/aromatic N) is 3. The minimum atomic E-state index is -3.49. The van der Waals surface area contributed by atoms with Gasteiger partial charge in [-0.3, -0.25) is 9.69 Å². The molecule has 2 saturated heterocycles. The van der Waals surface area contributed by atoms with Crippen LogP contribution in [0.1, 0.15) is 29.5 Å². The monoisotopic (exact) mass is 496 g/mol. The quantitative estimate of drug-likeness (QED) is 0.609. The van der Waals surface area contributed by atoms with Crippen molar-refractivity contribution >= 4 is 22.0 Å². The molecular weight excluding hydrogens is 460 g/mol. The lowest BCUT2D eigenvalue weighted by atomic mass is 9.97. The van der Waals surface area contributed by atoms with E-state index in [9.17, 15) is 13.2 Å². The lowest BCUT2D eigenvalue weighted by Gasteiger charge is -2.32. The Bertz CT molecular complexity index is 1100. The number of benzene rings is 2. The van der Waals surface area contributed by atoms with Crippen molar-refractivity contribution in [2.24, 2.45) is 5.92 Å². The van der Waals surface area contributed by atoms with Crippen LogP contribution >= 0.6 is 0 Å². The molecule has 0 saturated carbocycles. The highest BCUT2D eigenvalue weighted by molar-refractivity contribution is 7.92. The van der Waals surface area contributed by atoms with Crippen molar-refractivity contribution in [3.8, 4) is 0 Å². The van der Waals surface area contributed by atoms with Gasteiger partial charge in [0.05, 0.1) is 0 Å². The summed E-state index contributed by atoms with van der Waals surface area (Å²) in [6.45, 7) is 6.50. The predicted molar refractivity (Wildman–Crippen MR) is 140 cm³/mol. The Morgan fingerprint density at radius 3 is 2.34 bits per heavy atom. The molecule has 4 rings (SSSR count). The number of piperazine rings is 1. The highest BCUT2D eigenvalue weighted by atomic mass is 32.2. The van der Waals surface area contributed by atoms with E-state index in [0.29, 0.717) is 32.5 Å². The molecule has 1 amide bonds. The number of sulfonamides is 1. The molecule has 2 fully saturated rings. The second-order valence-corrected chi connectivity index (χ2v) is 11.4. The molecule has 0 aliphatic carbocycles. The van der Waals surface area contributed by atoms with Crippen LogP contribution in [0.2, 0.25) is 0 Å². The van der Waals surface area contributed by atoms with E-state index < -0.39 is 10.0 Å². The maximum Gasteiger partial charge on any atom is 0.236 e. The van der Waals surface area contributed by atoms with Crippen LogP contribution in [-0.2, 0) is 27.9 Å². The van der Waals surface area contributed by atoms with Crippen LogP contribution in [0.3, 0.4) is 0 Å². The van der Waals surface area contributed by atoms with Crippen LogP contribution in [0.4, 0.5) is 0 Å². The molecule has 2 aromatic rings. The molecule has 2 heterocycles. The summed E-state index contributed by atoms with van der Waals surface area (Å²) in [6, 6.07) is 17.8. The predicted octanol–water partition coefficient (Wildman–Crippen LogP) is 2.76. The molecular formula is C27H36N4O3S. The van der Waals surface area contributed by atoms with Gasteiger partial charge in [0.1, 0.15) is 0 Å². The smallest absolute Gasteiger partial charge is 0.236 e. The van der Waals surface area contributed by atoms with Crippen LogP contribution in [0.15, 0.2) is 60.0 Å². The van der Waals surface area contributed by atoms with Gasteiger partial charge in [-0.1, -0.05) is 54.6 Å². The van der Waals surface area contributed by atoms with Gasteiger partial charge in [-0.05, 0) is 42.7 Å². The lowest BCUT2D eigenvalue weighted by molar-refractivity contribution is -0.126. The Morgan fingerprint density at radius 2 is 1.63 bits per heavy atom. The standard InChI is InChI=1S/C27H36N4O3S/c1-29-15-17-30(18-16-29)22-25-9-5-8-24(20-25)21-28-27(32)26-10-13-31(14-11-26)35(33,34)19-12-23-6-3-2-4-7-23/h2-9,12,19-20,26H,10-11,13-18,21-22H2,1H3,(H,28,32)/b19-12+. The van der Waals surface area contributed by atoms with E-state index in [0.717, 1.165) is 43.9 Å². The summed E-state index contributed by atoms with van der Waals surface area (Å²) in [4.78, 5) is 17.6. The van der Waals surface area contributed by atoms with Crippen LogP contribution in [0, 0.1) is 5.92 Å². The Balaban J connectivity index is 1.23. The van der Waals surface area contributed by atoms with Crippen molar-refractivity contribution in [3.63, 3.8) is 0 Å². The number of piperidine rings is 1. The summed E-state index contributed by atoms with van der Waals surface area (Å²) < 4.78 is 26.8. The summed E-state index contributed by atoms with van der Waals surface area (Å²) in [5.41, 5.74) is 3.21. The highest BCUT2D eigenvalue weighted by Crippen LogP contribution is 2.21. The zero-order valence-electron chi connectivity index (χ0n) is 20.5. The fourth-order valence-electron chi connectivity index (χ4n) is 4.62. The van der Waals surface area contributed by atoms with Crippen molar-refractivity contribution in [3.05, 3.63) is 76.7 Å². The van der Waals surface area contributed by atoms with E-state index in [4.69, 9.17) is 0 Å². The van der Waals surface area contributed by atoms with Gasteiger partial charge in [-0.15, -0.1) is 0 Å². The first-order chi connectivity index (χ1) is 16.9. The molecule has 7 nitrogen and oxygen atoms in total. The van der Waals surface area contributed by atoms with Gasteiger partial charge in [-0.25, -0.2) is 8.42 Å². The number of carbonyl (C=O) groups excluding carboxylic acids is 1. The fraction of sp³-hybridized carbons (Fsp3) is 0.444. The van der Waals surface area contributed by atoms with Crippen molar-refractivity contribution in [1.29, 1.82) is 0 Å². The molecule has 0 unspecified atom stereocenters. The lowest BCUT2D eigenvalue weighted by Crippen LogP contribution is -2.43. The molecule has 2 aliphatic heterocycles. The first kappa shape index (κ1) is 25.6. The van der Waals surface area contributed by atoms with E-state index in [-0.39, 0.29) is 11.8 Å². The molecule has 0 atom stereocenters. The van der Waals surface area contributed by atoms with Gasteiger partial charge in [0.15, 0.2) is 0 Å². The Kier molecular flexibility index (Phi) is 8.73. The maximum absolute atomic E-state index is 12.8. The molecule has 2 aromatic carbocycles. The van der Waals surface area contributed by atoms with Gasteiger partial charge >= 0.3 is 0 Å². The Hall–Kier alpha value is -2.52. The number of carbonyl (C=O) groups is 1. The zero-order chi connectivity index (χ0) is 24.7. The summed E-state index contributed by atoms with van der Waals surface area (Å²) >= 11 is 0. The Morgan fingerprint density at radius 1 is 0.943 bits per heavy atom. The largest absolute Gasteiger partial charge is 0.352 e. The van der Waals surface area contributed by atoms with Gasteiger partial charge in [0.2, 0.25) is 15.9 Å². The average Bonchev–Trinajstić information content (AvgIpc) is 2.88. The molecule has 0 aromatic heterocycles. The van der Waals surface area contributed by atoms with E-state index in [2.05, 4.69) is 40.4 Å². The van der Waals surface area contributed by atoms with Crippen molar-refractivity contribution in [1.82, 2.24) is 19.4 Å². The molecule has 1 N–H and O–H groups in total. The minimum absolute atomic E-state index is 0.00588. The SMILES string of the molecule is CN1CCN(Cc2cccc(CNC(=O)C3CCN(S(=O)(=O)/C=C/c4ccccc4)CC3)c2)CC1. The summed E-state index contributed by atoms with van der Waals surface area (Å²) in [7, 11) is -1.33. The number of amides is 1. The molecule has 0 radical (unpaired) electrons. The third-order valence-corrected chi connectivity index (χ3v) is 8.44. The summed E-state index contributed by atoms with van der Waals surface area (Å²) in [5, 5.41) is 4.33. The van der Waals surface area contributed by atoms with E-state index in [1.807, 2.05) is 36.4 Å². The van der Waals surface area contributed by atoms with Gasteiger partial charge in [0.25, 0.3) is 0 Å². The second-order valence-electron chi connectivity index (χ2n) is 9.55. The average molecular weight is 497 g/mol. The number of rotatable bonds is 8. The van der Waals surface area contributed by atoms with Crippen molar-refractivity contribution in [2.75, 3.05) is 46.3 Å². The third kappa shape index (κ3) is 7.48. The van der Waals surface area contributed by atoms with E-state index >= 15 is 0 Å². The number of nitrogens with one attached hydrogen (secondary N) is 1. The topological polar surface area (TPSA) is 73.0 Å². The Labute approximate surface area is 209 Å². The summed E-state index contributed by atoms with van der Waals surface area (Å²) in [5.74, 6) is -0.153. The van der Waals surface area contributed by atoms with Gasteiger partial charge in [0, 0.05) is 63.7 Å².